The Morgan fingerprint density at radius 1 is 1.11 bits per heavy atom. The van der Waals surface area contributed by atoms with Gasteiger partial charge in [0.15, 0.2) is 11.0 Å². The molecule has 0 bridgehead atoms. The third-order valence-corrected chi connectivity index (χ3v) is 7.80. The Kier molecular flexibility index (Phi) is 9.09. The van der Waals surface area contributed by atoms with E-state index < -0.39 is 24.0 Å². The van der Waals surface area contributed by atoms with Gasteiger partial charge in [0.25, 0.3) is 0 Å². The first-order valence-electron chi connectivity index (χ1n) is 13.6. The number of alkyl halides is 3. The van der Waals surface area contributed by atoms with E-state index in [4.69, 9.17) is 4.74 Å². The number of nitrogens with zero attached hydrogens (tertiary/aromatic N) is 5. The van der Waals surface area contributed by atoms with Gasteiger partial charge in [-0.05, 0) is 66.4 Å². The molecule has 45 heavy (non-hydrogen) atoms. The lowest BCUT2D eigenvalue weighted by Crippen LogP contribution is -2.31. The topological polar surface area (TPSA) is 111 Å². The number of nitrogens with one attached hydrogen (secondary N) is 1. The molecule has 3 aromatic carbocycles. The van der Waals surface area contributed by atoms with E-state index in [9.17, 15) is 22.8 Å². The first-order valence-corrected chi connectivity index (χ1v) is 14.6. The fourth-order valence-electron chi connectivity index (χ4n) is 4.47. The number of methoxy groups -OCH3 is 1. The second-order valence-corrected chi connectivity index (χ2v) is 10.8. The van der Waals surface area contributed by atoms with Gasteiger partial charge in [-0.2, -0.15) is 4.99 Å². The number of aliphatic imine (C=N–C) groups is 1. The predicted molar refractivity (Wildman–Crippen MR) is 162 cm³/mol. The minimum Gasteiger partial charge on any atom is -0.497 e. The number of ether oxygens (including phenoxy) is 2. The fraction of sp³-hybridized carbons (Fsp3) is 0.233. The predicted octanol–water partition coefficient (Wildman–Crippen LogP) is 7.16. The van der Waals surface area contributed by atoms with Crippen molar-refractivity contribution in [3.05, 3.63) is 78.4 Å². The third kappa shape index (κ3) is 7.25. The van der Waals surface area contributed by atoms with Crippen molar-refractivity contribution >= 4 is 40.2 Å². The summed E-state index contributed by atoms with van der Waals surface area (Å²) in [5.74, 6) is -0.556. The second-order valence-electron chi connectivity index (χ2n) is 9.83. The average molecular weight is 643 g/mol. The second kappa shape index (κ2) is 13.0. The smallest absolute Gasteiger partial charge is 0.497 e. The van der Waals surface area contributed by atoms with E-state index in [1.807, 2.05) is 26.0 Å². The first-order chi connectivity index (χ1) is 21.5. The number of halogens is 4. The van der Waals surface area contributed by atoms with E-state index in [2.05, 4.69) is 25.1 Å². The molecule has 0 saturated carbocycles. The average Bonchev–Trinajstić information content (AvgIpc) is 3.64. The van der Waals surface area contributed by atoms with E-state index in [0.717, 1.165) is 41.9 Å². The van der Waals surface area contributed by atoms with Crippen LogP contribution in [-0.4, -0.2) is 51.1 Å². The highest BCUT2D eigenvalue weighted by molar-refractivity contribution is 8.15. The molecule has 1 saturated heterocycles. The van der Waals surface area contributed by atoms with Gasteiger partial charge in [0.05, 0.1) is 29.9 Å². The Labute approximate surface area is 259 Å². The third-order valence-electron chi connectivity index (χ3n) is 6.88. The van der Waals surface area contributed by atoms with Crippen LogP contribution in [-0.2, 0) is 4.79 Å². The highest BCUT2D eigenvalue weighted by Crippen LogP contribution is 2.37. The summed E-state index contributed by atoms with van der Waals surface area (Å²) in [5.41, 5.74) is 1.99. The van der Waals surface area contributed by atoms with Crippen LogP contribution in [0, 0.1) is 5.82 Å². The van der Waals surface area contributed by atoms with Crippen LogP contribution in [0.5, 0.6) is 11.5 Å². The monoisotopic (exact) mass is 642 g/mol. The van der Waals surface area contributed by atoms with Gasteiger partial charge >= 0.3 is 12.4 Å². The molecular formula is C30H26F4N6O4S. The summed E-state index contributed by atoms with van der Waals surface area (Å²) in [6, 6.07) is 13.4. The number of hydrogen-bond donors (Lipinski definition) is 1. The molecule has 1 N–H and O–H groups in total. The van der Waals surface area contributed by atoms with Crippen molar-refractivity contribution in [3.8, 4) is 28.6 Å². The van der Waals surface area contributed by atoms with Crippen LogP contribution in [0.2, 0.25) is 0 Å². The normalized spacial score (nSPS) is 15.0. The molecule has 234 valence electrons. The van der Waals surface area contributed by atoms with Crippen LogP contribution >= 0.6 is 11.8 Å². The molecule has 1 atom stereocenters. The Morgan fingerprint density at radius 3 is 2.51 bits per heavy atom. The number of hydrogen-bond acceptors (Lipinski definition) is 7. The van der Waals surface area contributed by atoms with Gasteiger partial charge in [-0.3, -0.25) is 9.69 Å². The minimum atomic E-state index is -4.81. The number of aromatic nitrogens is 3. The van der Waals surface area contributed by atoms with E-state index in [1.165, 1.54) is 47.3 Å². The van der Waals surface area contributed by atoms with E-state index in [-0.39, 0.29) is 39.8 Å². The van der Waals surface area contributed by atoms with E-state index in [0.29, 0.717) is 17.1 Å². The molecule has 1 fully saturated rings. The highest BCUT2D eigenvalue weighted by atomic mass is 32.2. The van der Waals surface area contributed by atoms with Crippen molar-refractivity contribution in [3.63, 3.8) is 0 Å². The molecule has 1 aliphatic rings. The molecule has 1 aliphatic heterocycles. The standard InChI is InChI=1S/C30H26F4N6O4S/c1-4-17(2)22-11-10-21(43-3)14-25(22)40-26(41)15-45-29(40)37-28(42)36-24-12-5-18(13-23(24)31)27-35-16-39(38-27)19-6-8-20(9-7-19)44-30(32,33)34/h5-14,16-17H,4,15H2,1-3H3,(H,36,42)/b37-29-. The summed E-state index contributed by atoms with van der Waals surface area (Å²) in [4.78, 5) is 35.4. The number of carbonyl (C=O) groups is 2. The lowest BCUT2D eigenvalue weighted by Gasteiger charge is -2.23. The van der Waals surface area contributed by atoms with Gasteiger partial charge in [-0.25, -0.2) is 18.9 Å². The minimum absolute atomic E-state index is 0.0808. The van der Waals surface area contributed by atoms with Gasteiger partial charge < -0.3 is 14.8 Å². The van der Waals surface area contributed by atoms with Crippen molar-refractivity contribution in [1.29, 1.82) is 0 Å². The molecule has 0 spiro atoms. The van der Waals surface area contributed by atoms with Gasteiger partial charge in [-0.1, -0.05) is 31.7 Å². The lowest BCUT2D eigenvalue weighted by atomic mass is 9.96. The van der Waals surface area contributed by atoms with Crippen LogP contribution in [0.4, 0.5) is 33.7 Å². The van der Waals surface area contributed by atoms with Gasteiger partial charge in [0.1, 0.15) is 23.6 Å². The number of carbonyl (C=O) groups excluding carboxylic acids is 2. The summed E-state index contributed by atoms with van der Waals surface area (Å²) in [7, 11) is 1.52. The zero-order valence-electron chi connectivity index (χ0n) is 24.1. The number of anilines is 2. The van der Waals surface area contributed by atoms with Crippen LogP contribution in [0.15, 0.2) is 72.0 Å². The maximum absolute atomic E-state index is 15.1. The highest BCUT2D eigenvalue weighted by Gasteiger charge is 2.33. The molecule has 3 amide bonds. The van der Waals surface area contributed by atoms with Crippen molar-refractivity contribution in [2.24, 2.45) is 4.99 Å². The fourth-order valence-corrected chi connectivity index (χ4v) is 5.33. The number of amides is 3. The summed E-state index contributed by atoms with van der Waals surface area (Å²) in [6.07, 6.45) is -2.67. The summed E-state index contributed by atoms with van der Waals surface area (Å²) >= 11 is 1.10. The zero-order valence-corrected chi connectivity index (χ0v) is 24.9. The molecule has 10 nitrogen and oxygen atoms in total. The van der Waals surface area contributed by atoms with Gasteiger partial charge in [0, 0.05) is 11.6 Å². The SMILES string of the molecule is CCC(C)c1ccc(OC)cc1N1C(=O)CS/C1=N\C(=O)Nc1ccc(-c2ncn(-c3ccc(OC(F)(F)F)cc3)n2)cc1F. The van der Waals surface area contributed by atoms with Crippen molar-refractivity contribution in [1.82, 2.24) is 14.8 Å². The Balaban J connectivity index is 1.32. The summed E-state index contributed by atoms with van der Waals surface area (Å²) in [6.45, 7) is 4.06. The van der Waals surface area contributed by atoms with Crippen LogP contribution < -0.4 is 19.7 Å². The molecule has 0 radical (unpaired) electrons. The van der Waals surface area contributed by atoms with Crippen molar-refractivity contribution in [2.75, 3.05) is 23.1 Å². The first kappa shape index (κ1) is 31.5. The quantitative estimate of drug-likeness (QED) is 0.203. The molecule has 5 rings (SSSR count). The Bertz CT molecular complexity index is 1760. The molecular weight excluding hydrogens is 616 g/mol. The molecule has 4 aromatic rings. The summed E-state index contributed by atoms with van der Waals surface area (Å²) < 4.78 is 62.8. The van der Waals surface area contributed by atoms with Crippen LogP contribution in [0.3, 0.4) is 0 Å². The maximum Gasteiger partial charge on any atom is 0.573 e. The maximum atomic E-state index is 15.1. The number of rotatable bonds is 8. The van der Waals surface area contributed by atoms with Gasteiger partial charge in [0.2, 0.25) is 5.91 Å². The summed E-state index contributed by atoms with van der Waals surface area (Å²) in [5, 5.41) is 6.82. The number of urea groups is 1. The Hall–Kier alpha value is -4.92. The van der Waals surface area contributed by atoms with Crippen molar-refractivity contribution < 1.29 is 36.6 Å². The number of thioether (sulfide) groups is 1. The van der Waals surface area contributed by atoms with Crippen molar-refractivity contribution in [2.45, 2.75) is 32.5 Å². The molecule has 0 aliphatic carbocycles. The number of amidine groups is 1. The molecule has 1 unspecified atom stereocenters. The van der Waals surface area contributed by atoms with E-state index in [1.54, 1.807) is 6.07 Å². The number of benzene rings is 3. The molecule has 2 heterocycles. The van der Waals surface area contributed by atoms with Gasteiger partial charge in [-0.15, -0.1) is 18.3 Å². The largest absolute Gasteiger partial charge is 0.573 e. The Morgan fingerprint density at radius 2 is 1.84 bits per heavy atom. The zero-order chi connectivity index (χ0) is 32.3. The van der Waals surface area contributed by atoms with Crippen LogP contribution in [0.1, 0.15) is 31.7 Å². The van der Waals surface area contributed by atoms with E-state index >= 15 is 4.39 Å². The lowest BCUT2D eigenvalue weighted by molar-refractivity contribution is -0.274. The molecule has 1 aromatic heterocycles. The van der Waals surface area contributed by atoms with Crippen LogP contribution in [0.25, 0.3) is 17.1 Å². The molecule has 15 heteroatoms.